The maximum absolute atomic E-state index is 12.5. The Hall–Kier alpha value is -2.54. The van der Waals surface area contributed by atoms with Gasteiger partial charge in [0.2, 0.25) is 5.91 Å². The Morgan fingerprint density at radius 3 is 2.68 bits per heavy atom. The second kappa shape index (κ2) is 11.3. The molecule has 1 aliphatic carbocycles. The number of carbonyl (C=O) groups is 1. The SMILES string of the molecule is CCc1cc(Cl)c(OC)c(N2CCN(C[C@@H](O)CCNC(=O)C3=Cc4ccccc4C3)CC2)c1. The Morgan fingerprint density at radius 1 is 1.21 bits per heavy atom. The van der Waals surface area contributed by atoms with Gasteiger partial charge in [-0.2, -0.15) is 0 Å². The van der Waals surface area contributed by atoms with Crippen LogP contribution >= 0.6 is 11.6 Å². The zero-order chi connectivity index (χ0) is 24.1. The van der Waals surface area contributed by atoms with E-state index < -0.39 is 6.10 Å². The predicted molar refractivity (Wildman–Crippen MR) is 138 cm³/mol. The predicted octanol–water partition coefficient (Wildman–Crippen LogP) is 3.54. The van der Waals surface area contributed by atoms with Crippen LogP contribution in [0.1, 0.15) is 30.0 Å². The summed E-state index contributed by atoms with van der Waals surface area (Å²) in [6.45, 7) is 6.58. The lowest BCUT2D eigenvalue weighted by atomic mass is 10.1. The summed E-state index contributed by atoms with van der Waals surface area (Å²) in [6, 6.07) is 12.2. The molecular formula is C27H34ClN3O3. The molecule has 1 saturated heterocycles. The number of piperazine rings is 1. The number of rotatable bonds is 9. The fraction of sp³-hybridized carbons (Fsp3) is 0.444. The van der Waals surface area contributed by atoms with E-state index in [1.807, 2.05) is 30.3 Å². The Bertz CT molecular complexity index is 1050. The first-order valence-electron chi connectivity index (χ1n) is 12.1. The number of benzene rings is 2. The number of aryl methyl sites for hydroxylation is 1. The van der Waals surface area contributed by atoms with Crippen molar-refractivity contribution in [3.05, 3.63) is 63.7 Å². The van der Waals surface area contributed by atoms with Crippen LogP contribution < -0.4 is 15.0 Å². The van der Waals surface area contributed by atoms with Gasteiger partial charge in [0.25, 0.3) is 0 Å². The number of aliphatic hydroxyl groups excluding tert-OH is 1. The van der Waals surface area contributed by atoms with Crippen LogP contribution in [-0.4, -0.2) is 68.4 Å². The van der Waals surface area contributed by atoms with Crippen molar-refractivity contribution in [2.24, 2.45) is 0 Å². The van der Waals surface area contributed by atoms with Gasteiger partial charge in [-0.1, -0.05) is 42.8 Å². The van der Waals surface area contributed by atoms with E-state index in [2.05, 4.69) is 34.2 Å². The number of hydrogen-bond donors (Lipinski definition) is 2. The minimum atomic E-state index is -0.478. The van der Waals surface area contributed by atoms with Gasteiger partial charge >= 0.3 is 0 Å². The summed E-state index contributed by atoms with van der Waals surface area (Å²) in [5.41, 5.74) is 5.33. The average molecular weight is 484 g/mol. The monoisotopic (exact) mass is 483 g/mol. The van der Waals surface area contributed by atoms with Crippen LogP contribution in [0.2, 0.25) is 5.02 Å². The van der Waals surface area contributed by atoms with Crippen LogP contribution in [0, 0.1) is 0 Å². The lowest BCUT2D eigenvalue weighted by Gasteiger charge is -2.37. The molecular weight excluding hydrogens is 450 g/mol. The number of hydrogen-bond acceptors (Lipinski definition) is 5. The summed E-state index contributed by atoms with van der Waals surface area (Å²) in [7, 11) is 1.66. The molecule has 1 fully saturated rings. The van der Waals surface area contributed by atoms with E-state index in [0.29, 0.717) is 31.0 Å². The Kier molecular flexibility index (Phi) is 8.14. The van der Waals surface area contributed by atoms with E-state index in [4.69, 9.17) is 16.3 Å². The standard InChI is InChI=1S/C27H34ClN3O3/c1-3-19-14-24(28)26(34-2)25(15-19)31-12-10-30(11-13-31)18-23(32)8-9-29-27(33)22-16-20-6-4-5-7-21(20)17-22/h4-7,14-16,23,32H,3,8-13,17-18H2,1-2H3,(H,29,33)/t23-/m0/s1. The molecule has 4 rings (SSSR count). The summed E-state index contributed by atoms with van der Waals surface area (Å²) in [4.78, 5) is 17.1. The molecule has 0 unspecified atom stereocenters. The van der Waals surface area contributed by atoms with Crippen LogP contribution in [0.4, 0.5) is 5.69 Å². The third-order valence-electron chi connectivity index (χ3n) is 6.70. The maximum Gasteiger partial charge on any atom is 0.247 e. The first kappa shape index (κ1) is 24.6. The number of β-amino-alcohol motifs (C(OH)–C–C–N with tert-alkyl or cyclic N) is 1. The number of carbonyl (C=O) groups excluding carboxylic acids is 1. The van der Waals surface area contributed by atoms with Gasteiger partial charge in [-0.3, -0.25) is 9.69 Å². The quantitative estimate of drug-likeness (QED) is 0.571. The van der Waals surface area contributed by atoms with Crippen LogP contribution in [0.5, 0.6) is 5.75 Å². The van der Waals surface area contributed by atoms with Crippen molar-refractivity contribution in [3.63, 3.8) is 0 Å². The van der Waals surface area contributed by atoms with Gasteiger partial charge in [0.15, 0.2) is 5.75 Å². The number of halogens is 1. The average Bonchev–Trinajstić information content (AvgIpc) is 3.28. The van der Waals surface area contributed by atoms with Crippen molar-refractivity contribution < 1.29 is 14.6 Å². The second-order valence-electron chi connectivity index (χ2n) is 9.01. The Morgan fingerprint density at radius 2 is 1.97 bits per heavy atom. The van der Waals surface area contributed by atoms with Gasteiger partial charge in [-0.05, 0) is 47.7 Å². The largest absolute Gasteiger partial charge is 0.493 e. The van der Waals surface area contributed by atoms with Crippen molar-refractivity contribution in [2.75, 3.05) is 51.3 Å². The van der Waals surface area contributed by atoms with Crippen molar-refractivity contribution in [1.82, 2.24) is 10.2 Å². The molecule has 2 aromatic rings. The maximum atomic E-state index is 12.5. The Balaban J connectivity index is 1.21. The molecule has 7 heteroatoms. The lowest BCUT2D eigenvalue weighted by Crippen LogP contribution is -2.49. The van der Waals surface area contributed by atoms with E-state index in [1.54, 1.807) is 7.11 Å². The molecule has 34 heavy (non-hydrogen) atoms. The third-order valence-corrected chi connectivity index (χ3v) is 6.98. The summed E-state index contributed by atoms with van der Waals surface area (Å²) >= 11 is 6.44. The van der Waals surface area contributed by atoms with E-state index in [1.165, 1.54) is 11.1 Å². The minimum absolute atomic E-state index is 0.0427. The first-order chi connectivity index (χ1) is 16.5. The van der Waals surface area contributed by atoms with E-state index in [0.717, 1.165) is 55.2 Å². The molecule has 2 aromatic carbocycles. The molecule has 0 aromatic heterocycles. The molecule has 1 atom stereocenters. The van der Waals surface area contributed by atoms with Crippen molar-refractivity contribution in [3.8, 4) is 5.75 Å². The van der Waals surface area contributed by atoms with Gasteiger partial charge < -0.3 is 20.1 Å². The number of fused-ring (bicyclic) bond motifs is 1. The topological polar surface area (TPSA) is 65.0 Å². The fourth-order valence-corrected chi connectivity index (χ4v) is 5.04. The zero-order valence-corrected chi connectivity index (χ0v) is 20.8. The molecule has 2 N–H and O–H groups in total. The molecule has 1 aliphatic heterocycles. The van der Waals surface area contributed by atoms with Crippen LogP contribution in [0.3, 0.4) is 0 Å². The number of nitrogens with one attached hydrogen (secondary N) is 1. The normalized spacial score (nSPS) is 16.7. The summed E-state index contributed by atoms with van der Waals surface area (Å²) in [5.74, 6) is 0.683. The van der Waals surface area contributed by atoms with Gasteiger partial charge in [-0.15, -0.1) is 0 Å². The van der Waals surface area contributed by atoms with Gasteiger partial charge in [0, 0.05) is 51.3 Å². The van der Waals surface area contributed by atoms with Crippen molar-refractivity contribution >= 4 is 29.3 Å². The third kappa shape index (κ3) is 5.74. The first-order valence-corrected chi connectivity index (χ1v) is 12.4. The highest BCUT2D eigenvalue weighted by Crippen LogP contribution is 2.37. The van der Waals surface area contributed by atoms with Gasteiger partial charge in [0.05, 0.1) is 23.9 Å². The Labute approximate surface area is 207 Å². The van der Waals surface area contributed by atoms with Gasteiger partial charge in [0.1, 0.15) is 0 Å². The molecule has 0 spiro atoms. The molecule has 6 nitrogen and oxygen atoms in total. The van der Waals surface area contributed by atoms with Crippen molar-refractivity contribution in [1.29, 1.82) is 0 Å². The number of amides is 1. The molecule has 1 amide bonds. The fourth-order valence-electron chi connectivity index (χ4n) is 4.73. The number of methoxy groups -OCH3 is 1. The van der Waals surface area contributed by atoms with E-state index in [-0.39, 0.29) is 5.91 Å². The summed E-state index contributed by atoms with van der Waals surface area (Å²) in [6.07, 6.45) is 3.61. The number of nitrogens with zero attached hydrogens (tertiary/aromatic N) is 2. The molecule has 0 radical (unpaired) electrons. The number of ether oxygens (including phenoxy) is 1. The summed E-state index contributed by atoms with van der Waals surface area (Å²) in [5, 5.41) is 14.1. The zero-order valence-electron chi connectivity index (χ0n) is 20.0. The second-order valence-corrected chi connectivity index (χ2v) is 9.42. The molecule has 2 aliphatic rings. The van der Waals surface area contributed by atoms with Crippen LogP contribution in [0.15, 0.2) is 42.0 Å². The molecule has 1 heterocycles. The smallest absolute Gasteiger partial charge is 0.247 e. The van der Waals surface area contributed by atoms with Gasteiger partial charge in [-0.25, -0.2) is 0 Å². The number of anilines is 1. The van der Waals surface area contributed by atoms with Crippen molar-refractivity contribution in [2.45, 2.75) is 32.3 Å². The lowest BCUT2D eigenvalue weighted by molar-refractivity contribution is -0.117. The molecule has 182 valence electrons. The highest BCUT2D eigenvalue weighted by molar-refractivity contribution is 6.32. The number of aliphatic hydroxyl groups is 1. The minimum Gasteiger partial charge on any atom is -0.493 e. The molecule has 0 bridgehead atoms. The van der Waals surface area contributed by atoms with Crippen LogP contribution in [0.25, 0.3) is 6.08 Å². The molecule has 0 saturated carbocycles. The summed E-state index contributed by atoms with van der Waals surface area (Å²) < 4.78 is 5.57. The van der Waals surface area contributed by atoms with E-state index in [9.17, 15) is 9.90 Å². The highest BCUT2D eigenvalue weighted by atomic mass is 35.5. The van der Waals surface area contributed by atoms with Crippen LogP contribution in [-0.2, 0) is 17.6 Å². The highest BCUT2D eigenvalue weighted by Gasteiger charge is 2.23. The van der Waals surface area contributed by atoms with E-state index >= 15 is 0 Å².